The summed E-state index contributed by atoms with van der Waals surface area (Å²) in [6, 6.07) is 4.67. The summed E-state index contributed by atoms with van der Waals surface area (Å²) in [4.78, 5) is 0. The minimum Gasteiger partial charge on any atom is -0.387 e. The molecule has 0 bridgehead atoms. The first-order valence-corrected chi connectivity index (χ1v) is 4.16. The third-order valence-corrected chi connectivity index (χ3v) is 2.17. The van der Waals surface area contributed by atoms with Gasteiger partial charge in [-0.1, -0.05) is 22.0 Å². The van der Waals surface area contributed by atoms with Gasteiger partial charge in [0.2, 0.25) is 0 Å². The van der Waals surface area contributed by atoms with Crippen molar-refractivity contribution in [3.05, 3.63) is 34.1 Å². The van der Waals surface area contributed by atoms with E-state index in [1.807, 2.05) is 0 Å². The van der Waals surface area contributed by atoms with Crippen molar-refractivity contribution in [3.63, 3.8) is 0 Å². The number of halogens is 2. The summed E-state index contributed by atoms with van der Waals surface area (Å²) in [7, 11) is 0. The second-order valence-electron chi connectivity index (χ2n) is 2.40. The van der Waals surface area contributed by atoms with Gasteiger partial charge in [-0.3, -0.25) is 5.41 Å². The van der Waals surface area contributed by atoms with Crippen molar-refractivity contribution in [1.29, 1.82) is 5.41 Å². The van der Waals surface area contributed by atoms with Crippen LogP contribution < -0.4 is 5.73 Å². The number of rotatable bonds is 2. The Labute approximate surface area is 78.2 Å². The van der Waals surface area contributed by atoms with Gasteiger partial charge in [0.25, 0.3) is 0 Å². The molecule has 0 amide bonds. The fourth-order valence-electron chi connectivity index (χ4n) is 0.892. The highest BCUT2D eigenvalue weighted by Gasteiger charge is 2.06. The van der Waals surface area contributed by atoms with Gasteiger partial charge >= 0.3 is 0 Å². The van der Waals surface area contributed by atoms with Crippen LogP contribution in [0.3, 0.4) is 0 Å². The maximum Gasteiger partial charge on any atom is 0.127 e. The van der Waals surface area contributed by atoms with E-state index in [1.54, 1.807) is 12.1 Å². The highest BCUT2D eigenvalue weighted by atomic mass is 79.9. The molecule has 0 saturated carbocycles. The zero-order valence-electron chi connectivity index (χ0n) is 6.27. The summed E-state index contributed by atoms with van der Waals surface area (Å²) in [5.41, 5.74) is 5.59. The summed E-state index contributed by atoms with van der Waals surface area (Å²) in [5.74, 6) is -0.375. The molecular weight excluding hydrogens is 223 g/mol. The van der Waals surface area contributed by atoms with E-state index in [4.69, 9.17) is 11.1 Å². The van der Waals surface area contributed by atoms with Crippen LogP contribution in [0.2, 0.25) is 0 Å². The largest absolute Gasteiger partial charge is 0.387 e. The van der Waals surface area contributed by atoms with Crippen molar-refractivity contribution in [3.8, 4) is 0 Å². The molecule has 0 aliphatic carbocycles. The molecule has 12 heavy (non-hydrogen) atoms. The van der Waals surface area contributed by atoms with Crippen LogP contribution in [0, 0.1) is 11.2 Å². The van der Waals surface area contributed by atoms with Gasteiger partial charge in [0.1, 0.15) is 5.82 Å². The average molecular weight is 231 g/mol. The molecule has 1 aromatic carbocycles. The molecule has 0 aliphatic heterocycles. The van der Waals surface area contributed by atoms with E-state index in [9.17, 15) is 4.39 Å². The first kappa shape index (κ1) is 9.19. The molecule has 4 heteroatoms. The SMILES string of the molecule is N=C(N)Cc1c(F)cccc1Br. The summed E-state index contributed by atoms with van der Waals surface area (Å²) in [5, 5.41) is 7.02. The summed E-state index contributed by atoms with van der Waals surface area (Å²) in [6.07, 6.45) is 0.146. The number of nitrogens with one attached hydrogen (secondary N) is 1. The van der Waals surface area contributed by atoms with Gasteiger partial charge in [0.05, 0.1) is 5.84 Å². The van der Waals surface area contributed by atoms with Crippen LogP contribution >= 0.6 is 15.9 Å². The predicted molar refractivity (Wildman–Crippen MR) is 49.7 cm³/mol. The van der Waals surface area contributed by atoms with E-state index in [2.05, 4.69) is 15.9 Å². The number of hydrogen-bond donors (Lipinski definition) is 2. The van der Waals surface area contributed by atoms with E-state index >= 15 is 0 Å². The Bertz CT molecular complexity index is 292. The Morgan fingerprint density at radius 3 is 2.75 bits per heavy atom. The van der Waals surface area contributed by atoms with Crippen LogP contribution in [0.4, 0.5) is 4.39 Å². The molecule has 0 aromatic heterocycles. The molecule has 0 unspecified atom stereocenters. The Morgan fingerprint density at radius 2 is 2.25 bits per heavy atom. The molecule has 0 radical (unpaired) electrons. The second-order valence-corrected chi connectivity index (χ2v) is 3.26. The normalized spacial score (nSPS) is 9.83. The Hall–Kier alpha value is -0.900. The second kappa shape index (κ2) is 3.67. The van der Waals surface area contributed by atoms with Crippen LogP contribution in [0.25, 0.3) is 0 Å². The topological polar surface area (TPSA) is 49.9 Å². The Kier molecular flexibility index (Phi) is 2.81. The van der Waals surface area contributed by atoms with Crippen molar-refractivity contribution in [1.82, 2.24) is 0 Å². The zero-order valence-corrected chi connectivity index (χ0v) is 7.86. The van der Waals surface area contributed by atoms with E-state index < -0.39 is 0 Å². The molecule has 0 aliphatic rings. The van der Waals surface area contributed by atoms with Crippen molar-refractivity contribution < 1.29 is 4.39 Å². The fourth-order valence-corrected chi connectivity index (χ4v) is 1.37. The fraction of sp³-hybridized carbons (Fsp3) is 0.125. The van der Waals surface area contributed by atoms with E-state index in [0.717, 1.165) is 0 Å². The number of amidine groups is 1. The zero-order chi connectivity index (χ0) is 9.14. The molecule has 0 fully saturated rings. The lowest BCUT2D eigenvalue weighted by Gasteiger charge is -2.03. The summed E-state index contributed by atoms with van der Waals surface area (Å²) in [6.45, 7) is 0. The van der Waals surface area contributed by atoms with Crippen molar-refractivity contribution in [2.24, 2.45) is 5.73 Å². The standard InChI is InChI=1S/C8H8BrFN2/c9-6-2-1-3-7(10)5(6)4-8(11)12/h1-3H,4H2,(H3,11,12). The molecule has 0 heterocycles. The lowest BCUT2D eigenvalue weighted by molar-refractivity contribution is 0.614. The lowest BCUT2D eigenvalue weighted by Crippen LogP contribution is -2.14. The third-order valence-electron chi connectivity index (χ3n) is 1.43. The Balaban J connectivity index is 3.04. The van der Waals surface area contributed by atoms with Gasteiger partial charge in [-0.05, 0) is 12.1 Å². The molecule has 0 spiro atoms. The summed E-state index contributed by atoms with van der Waals surface area (Å²) < 4.78 is 13.7. The van der Waals surface area contributed by atoms with Crippen LogP contribution in [0.1, 0.15) is 5.56 Å². The van der Waals surface area contributed by atoms with Crippen molar-refractivity contribution in [2.75, 3.05) is 0 Å². The molecule has 1 rings (SSSR count). The van der Waals surface area contributed by atoms with Crippen LogP contribution in [0.5, 0.6) is 0 Å². The minimum atomic E-state index is -0.334. The molecule has 1 aromatic rings. The number of nitrogens with two attached hydrogens (primary N) is 1. The predicted octanol–water partition coefficient (Wildman–Crippen LogP) is 2.07. The highest BCUT2D eigenvalue weighted by Crippen LogP contribution is 2.19. The molecule has 0 atom stereocenters. The third kappa shape index (κ3) is 2.04. The first-order chi connectivity index (χ1) is 5.61. The van der Waals surface area contributed by atoms with Gasteiger partial charge in [0, 0.05) is 16.5 Å². The summed E-state index contributed by atoms with van der Waals surface area (Å²) >= 11 is 3.18. The lowest BCUT2D eigenvalue weighted by atomic mass is 10.1. The van der Waals surface area contributed by atoms with Gasteiger partial charge in [0.15, 0.2) is 0 Å². The van der Waals surface area contributed by atoms with Crippen molar-refractivity contribution >= 4 is 21.8 Å². The molecule has 3 N–H and O–H groups in total. The molecular formula is C8H8BrFN2. The minimum absolute atomic E-state index is 0.0409. The van der Waals surface area contributed by atoms with Gasteiger partial charge in [-0.2, -0.15) is 0 Å². The average Bonchev–Trinajstić information content (AvgIpc) is 1.97. The van der Waals surface area contributed by atoms with E-state index in [0.29, 0.717) is 10.0 Å². The molecule has 0 saturated heterocycles. The van der Waals surface area contributed by atoms with E-state index in [-0.39, 0.29) is 18.1 Å². The maximum absolute atomic E-state index is 13.0. The molecule has 2 nitrogen and oxygen atoms in total. The highest BCUT2D eigenvalue weighted by molar-refractivity contribution is 9.10. The first-order valence-electron chi connectivity index (χ1n) is 3.37. The Morgan fingerprint density at radius 1 is 1.58 bits per heavy atom. The quantitative estimate of drug-likeness (QED) is 0.594. The molecule has 64 valence electrons. The van der Waals surface area contributed by atoms with Crippen LogP contribution in [0.15, 0.2) is 22.7 Å². The van der Waals surface area contributed by atoms with Gasteiger partial charge < -0.3 is 5.73 Å². The van der Waals surface area contributed by atoms with Crippen LogP contribution in [-0.2, 0) is 6.42 Å². The maximum atomic E-state index is 13.0. The van der Waals surface area contributed by atoms with Crippen molar-refractivity contribution in [2.45, 2.75) is 6.42 Å². The monoisotopic (exact) mass is 230 g/mol. The number of benzene rings is 1. The van der Waals surface area contributed by atoms with Gasteiger partial charge in [-0.15, -0.1) is 0 Å². The van der Waals surface area contributed by atoms with E-state index in [1.165, 1.54) is 6.07 Å². The van der Waals surface area contributed by atoms with Gasteiger partial charge in [-0.25, -0.2) is 4.39 Å². The number of hydrogen-bond acceptors (Lipinski definition) is 1. The smallest absolute Gasteiger partial charge is 0.127 e. The van der Waals surface area contributed by atoms with Crippen LogP contribution in [-0.4, -0.2) is 5.84 Å².